The van der Waals surface area contributed by atoms with Crippen LogP contribution in [-0.4, -0.2) is 13.1 Å². The van der Waals surface area contributed by atoms with Gasteiger partial charge in [0, 0.05) is 0 Å². The third-order valence-electron chi connectivity index (χ3n) is 2.18. The van der Waals surface area contributed by atoms with Gasteiger partial charge in [0.15, 0.2) is 0 Å². The normalized spacial score (nSPS) is 12.6. The van der Waals surface area contributed by atoms with Crippen LogP contribution in [0.4, 0.5) is 0 Å². The number of hydrogen-bond acceptors (Lipinski definition) is 2. The number of rotatable bonds is 6. The molecule has 0 spiro atoms. The molecule has 0 aliphatic carbocycles. The summed E-state index contributed by atoms with van der Waals surface area (Å²) in [6.45, 7) is 4.20. The van der Waals surface area contributed by atoms with E-state index in [1.807, 2.05) is 6.92 Å². The molecule has 0 aliphatic rings. The Labute approximate surface area is 75.3 Å². The Bertz CT molecular complexity index is 121. The lowest BCUT2D eigenvalue weighted by molar-refractivity contribution is -0.145. The molecule has 0 aromatic heterocycles. The number of ether oxygens (including phenoxy) is 1. The van der Waals surface area contributed by atoms with Crippen molar-refractivity contribution in [1.82, 2.24) is 0 Å². The number of hydrogen-bond donors (Lipinski definition) is 0. The molecule has 0 aromatic carbocycles. The van der Waals surface area contributed by atoms with Crippen LogP contribution in [0.15, 0.2) is 0 Å². The van der Waals surface area contributed by atoms with Crippen molar-refractivity contribution in [2.75, 3.05) is 7.11 Å². The van der Waals surface area contributed by atoms with Gasteiger partial charge in [0.05, 0.1) is 13.0 Å². The predicted octanol–water partition coefficient (Wildman–Crippen LogP) is 2.77. The van der Waals surface area contributed by atoms with Crippen molar-refractivity contribution in [3.05, 3.63) is 0 Å². The van der Waals surface area contributed by atoms with Crippen LogP contribution in [0.2, 0.25) is 0 Å². The van der Waals surface area contributed by atoms with Crippen molar-refractivity contribution in [3.8, 4) is 0 Å². The van der Waals surface area contributed by atoms with Crippen LogP contribution in [0.5, 0.6) is 0 Å². The highest BCUT2D eigenvalue weighted by Gasteiger charge is 2.15. The maximum Gasteiger partial charge on any atom is 0.308 e. The molecule has 0 radical (unpaired) electrons. The number of esters is 1. The van der Waals surface area contributed by atoms with Crippen molar-refractivity contribution in [3.63, 3.8) is 0 Å². The summed E-state index contributed by atoms with van der Waals surface area (Å²) in [5.74, 6) is 0.0788. The lowest BCUT2D eigenvalue weighted by atomic mass is 9.99. The third kappa shape index (κ3) is 4.37. The average molecular weight is 172 g/mol. The zero-order valence-corrected chi connectivity index (χ0v) is 8.43. The minimum atomic E-state index is -0.0476. The van der Waals surface area contributed by atoms with E-state index in [-0.39, 0.29) is 11.9 Å². The second kappa shape index (κ2) is 7.14. The quantitative estimate of drug-likeness (QED) is 0.455. The van der Waals surface area contributed by atoms with Gasteiger partial charge in [0.2, 0.25) is 0 Å². The lowest BCUT2D eigenvalue weighted by Gasteiger charge is -2.10. The third-order valence-corrected chi connectivity index (χ3v) is 2.18. The highest BCUT2D eigenvalue weighted by molar-refractivity contribution is 5.72. The molecule has 0 saturated heterocycles. The van der Waals surface area contributed by atoms with Crippen molar-refractivity contribution in [2.45, 2.75) is 46.0 Å². The summed E-state index contributed by atoms with van der Waals surface area (Å²) in [4.78, 5) is 11.1. The van der Waals surface area contributed by atoms with Crippen molar-refractivity contribution < 1.29 is 9.53 Å². The van der Waals surface area contributed by atoms with Gasteiger partial charge in [-0.2, -0.15) is 0 Å². The first-order valence-electron chi connectivity index (χ1n) is 4.84. The fraction of sp³-hybridized carbons (Fsp3) is 0.900. The maximum absolute atomic E-state index is 11.1. The molecule has 2 heteroatoms. The van der Waals surface area contributed by atoms with Crippen LogP contribution in [0.1, 0.15) is 46.0 Å². The molecule has 72 valence electrons. The van der Waals surface area contributed by atoms with Crippen LogP contribution in [0, 0.1) is 5.92 Å². The molecule has 0 aliphatic heterocycles. The van der Waals surface area contributed by atoms with Crippen LogP contribution < -0.4 is 0 Å². The Hall–Kier alpha value is -0.530. The molecular formula is C10H20O2. The van der Waals surface area contributed by atoms with Gasteiger partial charge in [0.1, 0.15) is 0 Å². The van der Waals surface area contributed by atoms with E-state index in [9.17, 15) is 4.79 Å². The van der Waals surface area contributed by atoms with Crippen LogP contribution in [0.3, 0.4) is 0 Å². The Morgan fingerprint density at radius 2 is 2.00 bits per heavy atom. The van der Waals surface area contributed by atoms with E-state index in [1.165, 1.54) is 20.0 Å². The number of unbranched alkanes of at least 4 members (excludes halogenated alkanes) is 2. The average Bonchev–Trinajstić information content (AvgIpc) is 2.11. The van der Waals surface area contributed by atoms with Crippen molar-refractivity contribution in [1.29, 1.82) is 0 Å². The minimum absolute atomic E-state index is 0.0476. The van der Waals surface area contributed by atoms with Crippen molar-refractivity contribution >= 4 is 5.97 Å². The van der Waals surface area contributed by atoms with E-state index in [2.05, 4.69) is 6.92 Å². The fourth-order valence-electron chi connectivity index (χ4n) is 1.30. The molecule has 0 bridgehead atoms. The second-order valence-electron chi connectivity index (χ2n) is 3.12. The largest absolute Gasteiger partial charge is 0.469 e. The topological polar surface area (TPSA) is 26.3 Å². The summed E-state index contributed by atoms with van der Waals surface area (Å²) in [6, 6.07) is 0. The van der Waals surface area contributed by atoms with E-state index >= 15 is 0 Å². The summed E-state index contributed by atoms with van der Waals surface area (Å²) in [7, 11) is 1.46. The molecule has 0 aromatic rings. The Morgan fingerprint density at radius 1 is 1.33 bits per heavy atom. The molecule has 0 N–H and O–H groups in total. The van der Waals surface area contributed by atoms with Gasteiger partial charge in [-0.15, -0.1) is 0 Å². The maximum atomic E-state index is 11.1. The predicted molar refractivity (Wildman–Crippen MR) is 49.9 cm³/mol. The molecule has 12 heavy (non-hydrogen) atoms. The molecule has 0 amide bonds. The highest BCUT2D eigenvalue weighted by Crippen LogP contribution is 2.14. The number of methoxy groups -OCH3 is 1. The van der Waals surface area contributed by atoms with Gasteiger partial charge >= 0.3 is 5.97 Å². The number of carbonyl (C=O) groups excluding carboxylic acids is 1. The van der Waals surface area contributed by atoms with E-state index in [0.29, 0.717) is 0 Å². The minimum Gasteiger partial charge on any atom is -0.469 e. The summed E-state index contributed by atoms with van der Waals surface area (Å²) < 4.78 is 4.69. The van der Waals surface area contributed by atoms with Gasteiger partial charge in [-0.3, -0.25) is 4.79 Å². The zero-order chi connectivity index (χ0) is 9.40. The Balaban J connectivity index is 3.60. The van der Waals surface area contributed by atoms with Gasteiger partial charge < -0.3 is 4.74 Å². The van der Waals surface area contributed by atoms with E-state index in [4.69, 9.17) is 4.74 Å². The van der Waals surface area contributed by atoms with E-state index in [1.54, 1.807) is 0 Å². The Morgan fingerprint density at radius 3 is 2.42 bits per heavy atom. The first kappa shape index (κ1) is 11.5. The molecule has 0 heterocycles. The Kier molecular flexibility index (Phi) is 6.82. The standard InChI is InChI=1S/C10H20O2/c1-4-6-7-8-9(5-2)10(11)12-3/h9H,4-8H2,1-3H3/t9-/m0/s1. The first-order valence-corrected chi connectivity index (χ1v) is 4.84. The van der Waals surface area contributed by atoms with E-state index in [0.717, 1.165) is 19.3 Å². The van der Waals surface area contributed by atoms with Crippen molar-refractivity contribution in [2.24, 2.45) is 5.92 Å². The highest BCUT2D eigenvalue weighted by atomic mass is 16.5. The summed E-state index contributed by atoms with van der Waals surface area (Å²) in [6.07, 6.45) is 5.45. The molecule has 1 atom stereocenters. The van der Waals surface area contributed by atoms with Gasteiger partial charge in [0.25, 0.3) is 0 Å². The number of carbonyl (C=O) groups is 1. The first-order chi connectivity index (χ1) is 5.76. The summed E-state index contributed by atoms with van der Waals surface area (Å²) >= 11 is 0. The molecule has 0 unspecified atom stereocenters. The fourth-order valence-corrected chi connectivity index (χ4v) is 1.30. The van der Waals surface area contributed by atoms with E-state index < -0.39 is 0 Å². The lowest BCUT2D eigenvalue weighted by Crippen LogP contribution is -2.15. The second-order valence-corrected chi connectivity index (χ2v) is 3.12. The summed E-state index contributed by atoms with van der Waals surface area (Å²) in [5, 5.41) is 0. The molecule has 2 nitrogen and oxygen atoms in total. The smallest absolute Gasteiger partial charge is 0.308 e. The molecule has 0 saturated carbocycles. The van der Waals surface area contributed by atoms with Crippen LogP contribution in [-0.2, 0) is 9.53 Å². The monoisotopic (exact) mass is 172 g/mol. The van der Waals surface area contributed by atoms with Crippen LogP contribution >= 0.6 is 0 Å². The van der Waals surface area contributed by atoms with Gasteiger partial charge in [-0.25, -0.2) is 0 Å². The SMILES string of the molecule is CCCCC[C@H](CC)C(=O)OC. The molecular weight excluding hydrogens is 152 g/mol. The van der Waals surface area contributed by atoms with Gasteiger partial charge in [-0.1, -0.05) is 33.1 Å². The zero-order valence-electron chi connectivity index (χ0n) is 8.43. The summed E-state index contributed by atoms with van der Waals surface area (Å²) in [5.41, 5.74) is 0. The molecule has 0 rings (SSSR count). The van der Waals surface area contributed by atoms with Gasteiger partial charge in [-0.05, 0) is 12.8 Å². The molecule has 0 fully saturated rings. The van der Waals surface area contributed by atoms with Crippen LogP contribution in [0.25, 0.3) is 0 Å².